The van der Waals surface area contributed by atoms with Crippen molar-refractivity contribution in [2.45, 2.75) is 20.3 Å². The van der Waals surface area contributed by atoms with Gasteiger partial charge in [0.25, 0.3) is 0 Å². The van der Waals surface area contributed by atoms with Crippen molar-refractivity contribution in [2.24, 2.45) is 0 Å². The Morgan fingerprint density at radius 2 is 1.94 bits per heavy atom. The van der Waals surface area contributed by atoms with E-state index in [1.165, 1.54) is 6.92 Å². The van der Waals surface area contributed by atoms with E-state index in [-0.39, 0.29) is 12.2 Å². The van der Waals surface area contributed by atoms with Crippen molar-refractivity contribution in [3.05, 3.63) is 24.0 Å². The predicted molar refractivity (Wildman–Crippen MR) is 57.9 cm³/mol. The van der Waals surface area contributed by atoms with Gasteiger partial charge in [0.05, 0.1) is 12.7 Å². The molecule has 94 valence electrons. The highest BCUT2D eigenvalue weighted by Gasteiger charge is 2.17. The van der Waals surface area contributed by atoms with Crippen LogP contribution in [-0.2, 0) is 23.9 Å². The Balaban J connectivity index is 4.68. The van der Waals surface area contributed by atoms with Gasteiger partial charge in [-0.15, -0.1) is 0 Å². The monoisotopic (exact) mass is 242 g/mol. The maximum Gasteiger partial charge on any atom is 0.372 e. The quantitative estimate of drug-likeness (QED) is 0.425. The van der Waals surface area contributed by atoms with Crippen molar-refractivity contribution >= 4 is 17.9 Å². The summed E-state index contributed by atoms with van der Waals surface area (Å²) in [5, 5.41) is 8.70. The Morgan fingerprint density at radius 3 is 2.35 bits per heavy atom. The molecule has 6 nitrogen and oxygen atoms in total. The zero-order valence-corrected chi connectivity index (χ0v) is 9.69. The maximum absolute atomic E-state index is 11.1. The minimum atomic E-state index is -1.53. The van der Waals surface area contributed by atoms with E-state index >= 15 is 0 Å². The van der Waals surface area contributed by atoms with Crippen LogP contribution < -0.4 is 0 Å². The number of aliphatic carboxylic acids is 1. The number of ether oxygens (including phenoxy) is 2. The van der Waals surface area contributed by atoms with Crippen LogP contribution in [-0.4, -0.2) is 29.6 Å². The Morgan fingerprint density at radius 1 is 1.35 bits per heavy atom. The smallest absolute Gasteiger partial charge is 0.372 e. The van der Waals surface area contributed by atoms with Crippen molar-refractivity contribution in [2.75, 3.05) is 6.61 Å². The van der Waals surface area contributed by atoms with E-state index in [2.05, 4.69) is 16.1 Å². The standard InChI is InChI=1S/C11H14O6/c1-4-5-16-9(12)6-8(10(13)14)17-11(15)7(2)3/h6H,2,4-5H2,1,3H3,(H,13,14)/b8-6+. The molecule has 0 aliphatic carbocycles. The first kappa shape index (κ1) is 14.9. The molecule has 0 aromatic heterocycles. The van der Waals surface area contributed by atoms with Crippen molar-refractivity contribution in [1.29, 1.82) is 0 Å². The summed E-state index contributed by atoms with van der Waals surface area (Å²) >= 11 is 0. The Kier molecular flexibility index (Phi) is 6.32. The minimum Gasteiger partial charge on any atom is -0.475 e. The molecule has 0 aromatic rings. The molecule has 0 heterocycles. The van der Waals surface area contributed by atoms with E-state index < -0.39 is 23.7 Å². The molecular weight excluding hydrogens is 228 g/mol. The summed E-state index contributed by atoms with van der Waals surface area (Å²) in [7, 11) is 0. The van der Waals surface area contributed by atoms with E-state index in [4.69, 9.17) is 5.11 Å². The highest BCUT2D eigenvalue weighted by Crippen LogP contribution is 2.03. The Labute approximate surface area is 98.5 Å². The summed E-state index contributed by atoms with van der Waals surface area (Å²) in [5.41, 5.74) is 0.0269. The molecule has 0 atom stereocenters. The van der Waals surface area contributed by atoms with Gasteiger partial charge in [-0.2, -0.15) is 0 Å². The van der Waals surface area contributed by atoms with Crippen LogP contribution in [0, 0.1) is 0 Å². The van der Waals surface area contributed by atoms with Gasteiger partial charge < -0.3 is 14.6 Å². The average molecular weight is 242 g/mol. The van der Waals surface area contributed by atoms with Gasteiger partial charge in [0, 0.05) is 5.57 Å². The number of hydrogen-bond donors (Lipinski definition) is 1. The molecule has 6 heteroatoms. The third-order valence-corrected chi connectivity index (χ3v) is 1.46. The van der Waals surface area contributed by atoms with Crippen molar-refractivity contribution in [3.63, 3.8) is 0 Å². The molecule has 0 aliphatic heterocycles. The van der Waals surface area contributed by atoms with Crippen LogP contribution in [0.4, 0.5) is 0 Å². The zero-order chi connectivity index (χ0) is 13.4. The number of carbonyl (C=O) groups excluding carboxylic acids is 2. The van der Waals surface area contributed by atoms with Crippen molar-refractivity contribution in [3.8, 4) is 0 Å². The van der Waals surface area contributed by atoms with Gasteiger partial charge in [-0.1, -0.05) is 13.5 Å². The van der Waals surface area contributed by atoms with E-state index in [9.17, 15) is 14.4 Å². The van der Waals surface area contributed by atoms with Crippen LogP contribution >= 0.6 is 0 Å². The summed E-state index contributed by atoms with van der Waals surface area (Å²) in [6, 6.07) is 0. The summed E-state index contributed by atoms with van der Waals surface area (Å²) in [6.45, 7) is 6.59. The van der Waals surface area contributed by atoms with Crippen LogP contribution in [0.25, 0.3) is 0 Å². The van der Waals surface area contributed by atoms with E-state index in [1.807, 2.05) is 0 Å². The first-order chi connectivity index (χ1) is 7.88. The number of carbonyl (C=O) groups is 3. The van der Waals surface area contributed by atoms with E-state index in [0.717, 1.165) is 0 Å². The van der Waals surface area contributed by atoms with Gasteiger partial charge in [-0.25, -0.2) is 14.4 Å². The molecule has 0 bridgehead atoms. The largest absolute Gasteiger partial charge is 0.475 e. The normalized spacial score (nSPS) is 10.6. The lowest BCUT2D eigenvalue weighted by molar-refractivity contribution is -0.146. The zero-order valence-electron chi connectivity index (χ0n) is 9.69. The highest BCUT2D eigenvalue weighted by molar-refractivity contribution is 5.98. The fraction of sp³-hybridized carbons (Fsp3) is 0.364. The van der Waals surface area contributed by atoms with Crippen LogP contribution in [0.3, 0.4) is 0 Å². The molecule has 17 heavy (non-hydrogen) atoms. The van der Waals surface area contributed by atoms with Gasteiger partial charge in [-0.05, 0) is 13.3 Å². The third-order valence-electron chi connectivity index (χ3n) is 1.46. The average Bonchev–Trinajstić information content (AvgIpc) is 2.24. The second kappa shape index (κ2) is 7.21. The number of esters is 2. The second-order valence-corrected chi connectivity index (χ2v) is 3.15. The summed E-state index contributed by atoms with van der Waals surface area (Å²) < 4.78 is 9.07. The SMILES string of the molecule is C=C(C)C(=O)O/C(=C/C(=O)OCCC)C(=O)O. The molecular formula is C11H14O6. The van der Waals surface area contributed by atoms with Gasteiger partial charge in [0.1, 0.15) is 0 Å². The van der Waals surface area contributed by atoms with E-state index in [1.54, 1.807) is 6.92 Å². The van der Waals surface area contributed by atoms with Crippen LogP contribution in [0.5, 0.6) is 0 Å². The first-order valence-electron chi connectivity index (χ1n) is 4.88. The van der Waals surface area contributed by atoms with Crippen LogP contribution in [0.2, 0.25) is 0 Å². The third kappa shape index (κ3) is 6.14. The molecule has 0 rings (SSSR count). The molecule has 0 aromatic carbocycles. The number of rotatable bonds is 6. The summed E-state index contributed by atoms with van der Waals surface area (Å²) in [5.74, 6) is -4.12. The molecule has 0 amide bonds. The molecule has 0 unspecified atom stereocenters. The van der Waals surface area contributed by atoms with Gasteiger partial charge in [0.15, 0.2) is 0 Å². The molecule has 0 fully saturated rings. The Hall–Kier alpha value is -2.11. The van der Waals surface area contributed by atoms with Crippen LogP contribution in [0.15, 0.2) is 24.0 Å². The summed E-state index contributed by atoms with van der Waals surface area (Å²) in [4.78, 5) is 32.9. The Bertz CT molecular complexity index is 366. The number of hydrogen-bond acceptors (Lipinski definition) is 5. The molecule has 0 radical (unpaired) electrons. The molecule has 0 aliphatic rings. The first-order valence-corrected chi connectivity index (χ1v) is 4.88. The lowest BCUT2D eigenvalue weighted by atomic mass is 10.3. The topological polar surface area (TPSA) is 89.9 Å². The number of carboxylic acids is 1. The molecule has 0 saturated carbocycles. The van der Waals surface area contributed by atoms with Crippen LogP contribution in [0.1, 0.15) is 20.3 Å². The van der Waals surface area contributed by atoms with Gasteiger partial charge in [-0.3, -0.25) is 0 Å². The molecule has 0 spiro atoms. The lowest BCUT2D eigenvalue weighted by Gasteiger charge is -2.04. The van der Waals surface area contributed by atoms with E-state index in [0.29, 0.717) is 12.5 Å². The molecule has 1 N–H and O–H groups in total. The maximum atomic E-state index is 11.1. The second-order valence-electron chi connectivity index (χ2n) is 3.15. The van der Waals surface area contributed by atoms with Crippen molar-refractivity contribution in [1.82, 2.24) is 0 Å². The predicted octanol–water partition coefficient (Wildman–Crippen LogP) is 1.03. The van der Waals surface area contributed by atoms with Crippen molar-refractivity contribution < 1.29 is 29.0 Å². The van der Waals surface area contributed by atoms with Gasteiger partial charge >= 0.3 is 17.9 Å². The fourth-order valence-corrected chi connectivity index (χ4v) is 0.673. The summed E-state index contributed by atoms with van der Waals surface area (Å²) in [6.07, 6.45) is 1.21. The fourth-order valence-electron chi connectivity index (χ4n) is 0.673. The van der Waals surface area contributed by atoms with Gasteiger partial charge in [0.2, 0.25) is 5.76 Å². The highest BCUT2D eigenvalue weighted by atomic mass is 16.6. The minimum absolute atomic E-state index is 0.0269. The molecule has 0 saturated heterocycles. The lowest BCUT2D eigenvalue weighted by Crippen LogP contribution is -2.14. The number of carboxylic acid groups (broad SMARTS) is 1.